The van der Waals surface area contributed by atoms with Crippen LogP contribution in [0.5, 0.6) is 0 Å². The van der Waals surface area contributed by atoms with E-state index in [1.165, 1.54) is 30.3 Å². The van der Waals surface area contributed by atoms with Crippen LogP contribution in [0.4, 0.5) is 11.4 Å². The molecule has 5 aromatic carbocycles. The van der Waals surface area contributed by atoms with Gasteiger partial charge in [0.25, 0.3) is 5.91 Å². The van der Waals surface area contributed by atoms with Gasteiger partial charge in [0.15, 0.2) is 24.8 Å². The lowest BCUT2D eigenvalue weighted by Gasteiger charge is -2.07. The topological polar surface area (TPSA) is 180 Å². The van der Waals surface area contributed by atoms with Crippen molar-refractivity contribution in [1.82, 2.24) is 0 Å². The van der Waals surface area contributed by atoms with Crippen molar-refractivity contribution >= 4 is 49.5 Å². The maximum atomic E-state index is 12.8. The number of anilines is 2. The number of carbonyl (C=O) groups excluding carboxylic acids is 2. The van der Waals surface area contributed by atoms with Crippen LogP contribution in [0.3, 0.4) is 0 Å². The van der Waals surface area contributed by atoms with Crippen molar-refractivity contribution in [1.29, 1.82) is 0 Å². The molecule has 2 aromatic heterocycles. The van der Waals surface area contributed by atoms with Crippen LogP contribution in [-0.2, 0) is 38.1 Å². The summed E-state index contributed by atoms with van der Waals surface area (Å²) in [6.07, 6.45) is 13.8. The Labute approximate surface area is 387 Å². The van der Waals surface area contributed by atoms with Gasteiger partial charge in [-0.3, -0.25) is 9.59 Å². The van der Waals surface area contributed by atoms with Crippen LogP contribution in [0.2, 0.25) is 0 Å². The van der Waals surface area contributed by atoms with E-state index >= 15 is 0 Å². The zero-order valence-electron chi connectivity index (χ0n) is 37.1. The summed E-state index contributed by atoms with van der Waals surface area (Å²) < 4.78 is 66.7. The number of aromatic nitrogens is 2. The molecule has 0 radical (unpaired) electrons. The molecule has 7 aromatic rings. The van der Waals surface area contributed by atoms with E-state index in [4.69, 9.17) is 0 Å². The van der Waals surface area contributed by atoms with Gasteiger partial charge >= 0.3 is 0 Å². The summed E-state index contributed by atoms with van der Waals surface area (Å²) in [7, 11) is -8.54. The van der Waals surface area contributed by atoms with E-state index in [-0.39, 0.29) is 21.6 Å². The molecule has 0 fully saturated rings. The minimum atomic E-state index is -4.27. The predicted octanol–water partition coefficient (Wildman–Crippen LogP) is 9.12. The number of carbonyl (C=O) groups is 2. The Hall–Kier alpha value is -7.10. The van der Waals surface area contributed by atoms with Gasteiger partial charge in [0.2, 0.25) is 5.91 Å². The molecule has 7 rings (SSSR count). The molecular weight excluding hydrogens is 873 g/mol. The van der Waals surface area contributed by atoms with E-state index in [1.807, 2.05) is 74.5 Å². The Bertz CT molecular complexity index is 2890. The second-order valence-corrected chi connectivity index (χ2v) is 18.0. The van der Waals surface area contributed by atoms with E-state index in [0.717, 1.165) is 76.3 Å². The predicted molar refractivity (Wildman–Crippen MR) is 255 cm³/mol. The molecule has 340 valence electrons. The molecule has 0 saturated carbocycles. The molecule has 0 saturated heterocycles. The first-order valence-electron chi connectivity index (χ1n) is 21.2. The van der Waals surface area contributed by atoms with Gasteiger partial charge in [-0.1, -0.05) is 85.6 Å². The summed E-state index contributed by atoms with van der Waals surface area (Å²) >= 11 is 0. The molecule has 0 unspecified atom stereocenters. The molecule has 12 nitrogen and oxygen atoms in total. The van der Waals surface area contributed by atoms with E-state index in [0.29, 0.717) is 5.56 Å². The summed E-state index contributed by atoms with van der Waals surface area (Å²) in [5.41, 5.74) is 9.14. The summed E-state index contributed by atoms with van der Waals surface area (Å²) in [4.78, 5) is 25.0. The lowest BCUT2D eigenvalue weighted by Crippen LogP contribution is -2.32. The van der Waals surface area contributed by atoms with Crippen molar-refractivity contribution in [2.24, 2.45) is 0 Å². The lowest BCUT2D eigenvalue weighted by molar-refractivity contribution is -0.696. The fourth-order valence-electron chi connectivity index (χ4n) is 6.39. The van der Waals surface area contributed by atoms with Crippen LogP contribution < -0.4 is 19.8 Å². The molecule has 0 atom stereocenters. The van der Waals surface area contributed by atoms with Crippen molar-refractivity contribution in [2.75, 3.05) is 10.6 Å². The van der Waals surface area contributed by atoms with Gasteiger partial charge in [-0.05, 0) is 109 Å². The Morgan fingerprint density at radius 3 is 1.33 bits per heavy atom. The number of hydrogen-bond donors (Lipinski definition) is 2. The monoisotopic (exact) mass is 924 g/mol. The minimum Gasteiger partial charge on any atom is -0.744 e. The number of hydrogen-bond acceptors (Lipinski definition) is 8. The molecular formula is C52H52N4O8S2. The van der Waals surface area contributed by atoms with Crippen molar-refractivity contribution in [3.63, 3.8) is 0 Å². The van der Waals surface area contributed by atoms with Crippen LogP contribution in [0.15, 0.2) is 186 Å². The Balaban J connectivity index is 0.000000301. The number of nitrogens with zero attached hydrogens (tertiary/aromatic N) is 2. The average Bonchev–Trinajstić information content (AvgIpc) is 3.29. The highest BCUT2D eigenvalue weighted by atomic mass is 32.2. The molecule has 2 N–H and O–H groups in total. The maximum Gasteiger partial charge on any atom is 0.255 e. The fraction of sp³-hybridized carbons (Fsp3) is 0.154. The number of benzene rings is 5. The molecule has 2 amide bonds. The number of nitrogens with one attached hydrogen (secondary N) is 2. The van der Waals surface area contributed by atoms with Gasteiger partial charge in [-0.2, -0.15) is 0 Å². The summed E-state index contributed by atoms with van der Waals surface area (Å²) in [6.45, 7) is 9.92. The van der Waals surface area contributed by atoms with Crippen molar-refractivity contribution in [3.8, 4) is 22.3 Å². The van der Waals surface area contributed by atoms with Crippen molar-refractivity contribution in [3.05, 3.63) is 199 Å². The van der Waals surface area contributed by atoms with Crippen LogP contribution in [0.25, 0.3) is 28.3 Å². The normalized spacial score (nSPS) is 11.1. The second-order valence-electron chi connectivity index (χ2n) is 15.2. The fourth-order valence-corrected chi connectivity index (χ4v) is 7.33. The van der Waals surface area contributed by atoms with E-state index in [9.17, 15) is 35.5 Å². The number of pyridine rings is 2. The van der Waals surface area contributed by atoms with Crippen LogP contribution in [0.1, 0.15) is 53.7 Å². The first-order valence-corrected chi connectivity index (χ1v) is 24.0. The molecule has 2 heterocycles. The lowest BCUT2D eigenvalue weighted by atomic mass is 10.1. The summed E-state index contributed by atoms with van der Waals surface area (Å²) in [5, 5.41) is 5.87. The smallest absolute Gasteiger partial charge is 0.255 e. The van der Waals surface area contributed by atoms with Crippen molar-refractivity contribution in [2.45, 2.75) is 63.4 Å². The zero-order valence-corrected chi connectivity index (χ0v) is 38.8. The molecule has 14 heteroatoms. The SMILES string of the molecule is CCC[n+]1cccc(-c2ccc(NC(=O)/C=C/c3ccc(C(=O)Nc4ccc(-c5ccc[n+](CCC)c5)cc4)cc3)cc2)c1.Cc1ccc(S(=O)(=O)[O-])cc1.Cc1ccc(S(=O)(=O)[O-])cc1. The van der Waals surface area contributed by atoms with E-state index in [1.54, 1.807) is 42.5 Å². The summed E-state index contributed by atoms with van der Waals surface area (Å²) in [5.74, 6) is -0.412. The molecule has 0 aliphatic rings. The first kappa shape index (κ1) is 49.9. The molecule has 0 bridgehead atoms. The van der Waals surface area contributed by atoms with E-state index < -0.39 is 20.2 Å². The molecule has 0 spiro atoms. The number of aryl methyl sites for hydroxylation is 4. The standard InChI is InChI=1S/C38H36N4O2.2C7H8O3S/c1-3-23-41-25-5-7-33(27-41)30-14-18-35(19-15-30)39-37(43)22-11-29-9-12-32(13-10-29)38(44)40-36-20-16-31(17-21-36)34-8-6-26-42(28-34)24-4-2;2*1-6-2-4-7(5-3-6)11(8,9)10/h5-22,25-28H,3-4,23-24H2,1-2H3;2*2-5H,1H3,(H,8,9,10)/b22-11+;;. The maximum absolute atomic E-state index is 12.8. The van der Waals surface area contributed by atoms with Gasteiger partial charge in [0, 0.05) is 59.1 Å². The first-order chi connectivity index (χ1) is 31.5. The minimum absolute atomic E-state index is 0.178. The van der Waals surface area contributed by atoms with E-state index in [2.05, 4.69) is 82.7 Å². The third kappa shape index (κ3) is 15.9. The largest absolute Gasteiger partial charge is 0.744 e. The molecule has 0 aliphatic carbocycles. The highest BCUT2D eigenvalue weighted by Gasteiger charge is 2.09. The second kappa shape index (κ2) is 23.7. The van der Waals surface area contributed by atoms with Gasteiger partial charge < -0.3 is 19.7 Å². The Kier molecular flexibility index (Phi) is 17.9. The molecule has 66 heavy (non-hydrogen) atoms. The van der Waals surface area contributed by atoms with Gasteiger partial charge in [0.05, 0.1) is 9.79 Å². The Morgan fingerprint density at radius 2 is 0.939 bits per heavy atom. The quantitative estimate of drug-likeness (QED) is 0.0653. The van der Waals surface area contributed by atoms with Crippen LogP contribution >= 0.6 is 0 Å². The van der Waals surface area contributed by atoms with Gasteiger partial charge in [-0.25, -0.2) is 26.0 Å². The highest BCUT2D eigenvalue weighted by Crippen LogP contribution is 2.22. The third-order valence-corrected chi connectivity index (χ3v) is 11.6. The third-order valence-electron chi connectivity index (χ3n) is 9.86. The molecule has 0 aliphatic heterocycles. The van der Waals surface area contributed by atoms with Crippen LogP contribution in [0, 0.1) is 13.8 Å². The number of rotatable bonds is 13. The highest BCUT2D eigenvalue weighted by molar-refractivity contribution is 7.86. The van der Waals surface area contributed by atoms with Crippen LogP contribution in [-0.4, -0.2) is 37.8 Å². The zero-order chi connectivity index (χ0) is 47.7. The Morgan fingerprint density at radius 1 is 0.530 bits per heavy atom. The van der Waals surface area contributed by atoms with Crippen molar-refractivity contribution < 1.29 is 44.7 Å². The number of amides is 2. The van der Waals surface area contributed by atoms with Gasteiger partial charge in [0.1, 0.15) is 33.3 Å². The van der Waals surface area contributed by atoms with Gasteiger partial charge in [-0.15, -0.1) is 0 Å². The average molecular weight is 925 g/mol. The summed E-state index contributed by atoms with van der Waals surface area (Å²) in [6, 6.07) is 42.7.